The lowest BCUT2D eigenvalue weighted by atomic mass is 9.91. The second kappa shape index (κ2) is 7.33. The van der Waals surface area contributed by atoms with E-state index in [1.54, 1.807) is 19.0 Å². The number of thiazole rings is 1. The van der Waals surface area contributed by atoms with Gasteiger partial charge in [0.25, 0.3) is 0 Å². The Bertz CT molecular complexity index is 475. The van der Waals surface area contributed by atoms with Crippen LogP contribution in [-0.2, 0) is 17.8 Å². The van der Waals surface area contributed by atoms with Gasteiger partial charge in [-0.3, -0.25) is 9.69 Å². The summed E-state index contributed by atoms with van der Waals surface area (Å²) in [5.74, 6) is 0.0759. The summed E-state index contributed by atoms with van der Waals surface area (Å²) in [6, 6.07) is 0.229. The van der Waals surface area contributed by atoms with Crippen molar-refractivity contribution in [2.24, 2.45) is 0 Å². The van der Waals surface area contributed by atoms with Crippen LogP contribution in [0.4, 0.5) is 0 Å². The fourth-order valence-electron chi connectivity index (χ4n) is 2.77. The van der Waals surface area contributed by atoms with Crippen LogP contribution in [0.2, 0.25) is 0 Å². The molecule has 1 fully saturated rings. The monoisotopic (exact) mass is 311 g/mol. The third-order valence-electron chi connectivity index (χ3n) is 4.07. The summed E-state index contributed by atoms with van der Waals surface area (Å²) < 4.78 is 0. The van der Waals surface area contributed by atoms with Crippen LogP contribution in [0.5, 0.6) is 0 Å². The summed E-state index contributed by atoms with van der Waals surface area (Å²) in [5, 5.41) is 13.0. The van der Waals surface area contributed by atoms with Gasteiger partial charge in [0.15, 0.2) is 0 Å². The summed E-state index contributed by atoms with van der Waals surface area (Å²) in [6.45, 7) is 0.731. The van der Waals surface area contributed by atoms with Crippen LogP contribution in [0, 0.1) is 0 Å². The molecule has 1 aliphatic rings. The first-order valence-corrected chi connectivity index (χ1v) is 8.37. The molecule has 1 saturated carbocycles. The highest BCUT2D eigenvalue weighted by Gasteiger charge is 2.26. The predicted molar refractivity (Wildman–Crippen MR) is 84.2 cm³/mol. The summed E-state index contributed by atoms with van der Waals surface area (Å²) in [5.41, 5.74) is 0.988. The van der Waals surface area contributed by atoms with Gasteiger partial charge in [-0.1, -0.05) is 12.8 Å². The van der Waals surface area contributed by atoms with Crippen molar-refractivity contribution >= 4 is 17.2 Å². The molecular formula is C15H25N3O2S. The Morgan fingerprint density at radius 3 is 2.76 bits per heavy atom. The second-order valence-corrected chi connectivity index (χ2v) is 6.97. The summed E-state index contributed by atoms with van der Waals surface area (Å²) >= 11 is 1.54. The first-order chi connectivity index (χ1) is 9.97. The van der Waals surface area contributed by atoms with Gasteiger partial charge in [-0.25, -0.2) is 4.98 Å². The van der Waals surface area contributed by atoms with Crippen LogP contribution in [0.25, 0.3) is 0 Å². The van der Waals surface area contributed by atoms with Crippen molar-refractivity contribution in [3.8, 4) is 0 Å². The van der Waals surface area contributed by atoms with Gasteiger partial charge in [-0.2, -0.15) is 0 Å². The molecule has 21 heavy (non-hydrogen) atoms. The molecule has 0 spiro atoms. The standard InChI is InChI=1S/C15H25N3O2S/c1-17(2)15(20)8-14-16-11(10-21-14)9-18(3)12-6-4-5-7-13(12)19/h10,12-13,19H,4-9H2,1-3H3. The zero-order valence-corrected chi connectivity index (χ0v) is 13.9. The van der Waals surface area contributed by atoms with Crippen LogP contribution >= 0.6 is 11.3 Å². The van der Waals surface area contributed by atoms with Gasteiger partial charge in [0.2, 0.25) is 5.91 Å². The molecule has 118 valence electrons. The van der Waals surface area contributed by atoms with Crippen molar-refractivity contribution in [2.75, 3.05) is 21.1 Å². The number of carbonyl (C=O) groups excluding carboxylic acids is 1. The molecule has 5 nitrogen and oxygen atoms in total. The van der Waals surface area contributed by atoms with Gasteiger partial charge in [-0.05, 0) is 19.9 Å². The van der Waals surface area contributed by atoms with E-state index in [0.29, 0.717) is 6.42 Å². The lowest BCUT2D eigenvalue weighted by molar-refractivity contribution is -0.127. The molecule has 2 atom stereocenters. The maximum absolute atomic E-state index is 11.7. The van der Waals surface area contributed by atoms with Crippen LogP contribution in [0.3, 0.4) is 0 Å². The van der Waals surface area contributed by atoms with E-state index in [2.05, 4.69) is 9.88 Å². The summed E-state index contributed by atoms with van der Waals surface area (Å²) in [6.07, 6.45) is 4.40. The van der Waals surface area contributed by atoms with E-state index in [1.807, 2.05) is 12.4 Å². The lowest BCUT2D eigenvalue weighted by Gasteiger charge is -2.34. The molecule has 1 N–H and O–H groups in total. The molecule has 6 heteroatoms. The number of likely N-dealkylation sites (N-methyl/N-ethyl adjacent to an activating group) is 2. The minimum Gasteiger partial charge on any atom is -0.391 e. The SMILES string of the molecule is CN(C)C(=O)Cc1nc(CN(C)C2CCCCC2O)cs1. The van der Waals surface area contributed by atoms with Gasteiger partial charge in [0.1, 0.15) is 5.01 Å². The van der Waals surface area contributed by atoms with Crippen LogP contribution < -0.4 is 0 Å². The van der Waals surface area contributed by atoms with Crippen molar-refractivity contribution in [3.63, 3.8) is 0 Å². The maximum Gasteiger partial charge on any atom is 0.228 e. The van der Waals surface area contributed by atoms with E-state index in [-0.39, 0.29) is 18.1 Å². The summed E-state index contributed by atoms with van der Waals surface area (Å²) in [4.78, 5) is 20.0. The third kappa shape index (κ3) is 4.49. The molecule has 1 aromatic heterocycles. The summed E-state index contributed by atoms with van der Waals surface area (Å²) in [7, 11) is 5.56. The van der Waals surface area contributed by atoms with Crippen molar-refractivity contribution in [1.82, 2.24) is 14.8 Å². The molecule has 1 amide bonds. The fraction of sp³-hybridized carbons (Fsp3) is 0.733. The number of aliphatic hydroxyl groups excluding tert-OH is 1. The van der Waals surface area contributed by atoms with E-state index >= 15 is 0 Å². The van der Waals surface area contributed by atoms with Gasteiger partial charge < -0.3 is 10.0 Å². The first-order valence-electron chi connectivity index (χ1n) is 7.49. The number of amides is 1. The largest absolute Gasteiger partial charge is 0.391 e. The maximum atomic E-state index is 11.7. The molecule has 0 radical (unpaired) electrons. The molecule has 1 aromatic rings. The molecule has 2 rings (SSSR count). The molecule has 1 aliphatic carbocycles. The molecule has 0 saturated heterocycles. The zero-order valence-electron chi connectivity index (χ0n) is 13.1. The van der Waals surface area contributed by atoms with Crippen molar-refractivity contribution in [1.29, 1.82) is 0 Å². The van der Waals surface area contributed by atoms with Crippen LogP contribution in [0.15, 0.2) is 5.38 Å². The lowest BCUT2D eigenvalue weighted by Crippen LogP contribution is -2.42. The van der Waals surface area contributed by atoms with E-state index in [4.69, 9.17) is 0 Å². The Morgan fingerprint density at radius 2 is 2.10 bits per heavy atom. The highest BCUT2D eigenvalue weighted by Crippen LogP contribution is 2.24. The fourth-order valence-corrected chi connectivity index (χ4v) is 3.54. The third-order valence-corrected chi connectivity index (χ3v) is 4.97. The second-order valence-electron chi connectivity index (χ2n) is 6.03. The van der Waals surface area contributed by atoms with Gasteiger partial charge in [0, 0.05) is 32.1 Å². The van der Waals surface area contributed by atoms with E-state index in [9.17, 15) is 9.90 Å². The van der Waals surface area contributed by atoms with Crippen LogP contribution in [0.1, 0.15) is 36.4 Å². The minimum absolute atomic E-state index is 0.0759. The molecule has 0 aliphatic heterocycles. The van der Waals surface area contributed by atoms with Crippen LogP contribution in [-0.4, -0.2) is 59.1 Å². The van der Waals surface area contributed by atoms with Crippen molar-refractivity contribution in [2.45, 2.75) is 50.8 Å². The Morgan fingerprint density at radius 1 is 1.38 bits per heavy atom. The average molecular weight is 311 g/mol. The first kappa shape index (κ1) is 16.4. The Kier molecular flexibility index (Phi) is 5.72. The van der Waals surface area contributed by atoms with Gasteiger partial charge in [0.05, 0.1) is 18.2 Å². The number of hydrogen-bond acceptors (Lipinski definition) is 5. The average Bonchev–Trinajstić information content (AvgIpc) is 2.86. The van der Waals surface area contributed by atoms with E-state index in [1.165, 1.54) is 17.8 Å². The smallest absolute Gasteiger partial charge is 0.228 e. The number of nitrogens with zero attached hydrogens (tertiary/aromatic N) is 3. The highest BCUT2D eigenvalue weighted by molar-refractivity contribution is 7.09. The topological polar surface area (TPSA) is 56.7 Å². The highest BCUT2D eigenvalue weighted by atomic mass is 32.1. The van der Waals surface area contributed by atoms with Crippen molar-refractivity contribution in [3.05, 3.63) is 16.1 Å². The minimum atomic E-state index is -0.225. The number of carbonyl (C=O) groups is 1. The number of aromatic nitrogens is 1. The van der Waals surface area contributed by atoms with E-state index < -0.39 is 0 Å². The molecule has 0 aromatic carbocycles. The molecule has 1 heterocycles. The molecular weight excluding hydrogens is 286 g/mol. The normalized spacial score (nSPS) is 22.5. The quantitative estimate of drug-likeness (QED) is 0.895. The van der Waals surface area contributed by atoms with E-state index in [0.717, 1.165) is 36.5 Å². The zero-order chi connectivity index (χ0) is 15.4. The predicted octanol–water partition coefficient (Wildman–Crippen LogP) is 1.51. The molecule has 0 bridgehead atoms. The Balaban J connectivity index is 1.91. The van der Waals surface area contributed by atoms with Gasteiger partial charge >= 0.3 is 0 Å². The van der Waals surface area contributed by atoms with Crippen molar-refractivity contribution < 1.29 is 9.90 Å². The number of aliphatic hydroxyl groups is 1. The number of hydrogen-bond donors (Lipinski definition) is 1. The number of rotatable bonds is 5. The van der Waals surface area contributed by atoms with Gasteiger partial charge in [-0.15, -0.1) is 11.3 Å². The Labute approximate surface area is 130 Å². The molecule has 2 unspecified atom stereocenters. The Hall–Kier alpha value is -0.980.